The number of urea groups is 1. The van der Waals surface area contributed by atoms with Crippen molar-refractivity contribution in [2.45, 2.75) is 39.2 Å². The van der Waals surface area contributed by atoms with Crippen LogP contribution in [0.2, 0.25) is 0 Å². The molecule has 11 heteroatoms. The number of anilines is 1. The van der Waals surface area contributed by atoms with E-state index in [2.05, 4.69) is 19.9 Å². The number of aromatic nitrogens is 1. The molecule has 1 aromatic carbocycles. The molecule has 1 heterocycles. The number of hydrogen-bond acceptors (Lipinski definition) is 6. The van der Waals surface area contributed by atoms with Crippen LogP contribution in [0.5, 0.6) is 5.88 Å². The largest absolute Gasteiger partial charge is 0.471 e. The second-order valence-corrected chi connectivity index (χ2v) is 8.42. The summed E-state index contributed by atoms with van der Waals surface area (Å²) in [6, 6.07) is 1.85. The Bertz CT molecular complexity index is 913. The zero-order chi connectivity index (χ0) is 23.7. The molecule has 32 heavy (non-hydrogen) atoms. The van der Waals surface area contributed by atoms with Crippen molar-refractivity contribution < 1.29 is 23.1 Å². The monoisotopic (exact) mass is 469 g/mol. The zero-order valence-corrected chi connectivity index (χ0v) is 19.3. The van der Waals surface area contributed by atoms with Crippen molar-refractivity contribution in [3.05, 3.63) is 40.5 Å². The highest BCUT2D eigenvalue weighted by molar-refractivity contribution is 7.11. The van der Waals surface area contributed by atoms with Gasteiger partial charge in [0.2, 0.25) is 5.88 Å². The standard InChI is InChI=1S/C21H29F2N5O3S/c1-13-10-15(22)14(16(23)11-13)12-31-19-17(18(24)29)20(32-27-19)26-21(30)25-8-6-4-5-7-9-28(2)3/h10-11H,4-9,12H2,1-3H3,(H2,24,29)(H2,25,26,30). The lowest BCUT2D eigenvalue weighted by Crippen LogP contribution is -2.30. The van der Waals surface area contributed by atoms with Crippen LogP contribution in [0.15, 0.2) is 12.1 Å². The van der Waals surface area contributed by atoms with Gasteiger partial charge in [-0.15, -0.1) is 0 Å². The van der Waals surface area contributed by atoms with Crippen LogP contribution in [0.4, 0.5) is 18.6 Å². The van der Waals surface area contributed by atoms with E-state index in [1.807, 2.05) is 14.1 Å². The van der Waals surface area contributed by atoms with Gasteiger partial charge in [-0.3, -0.25) is 10.1 Å². The zero-order valence-electron chi connectivity index (χ0n) is 18.5. The van der Waals surface area contributed by atoms with Gasteiger partial charge in [-0.05, 0) is 69.6 Å². The van der Waals surface area contributed by atoms with Crippen LogP contribution in [-0.2, 0) is 6.61 Å². The molecule has 2 rings (SSSR count). The molecule has 0 atom stereocenters. The van der Waals surface area contributed by atoms with Gasteiger partial charge in [0.05, 0.1) is 5.56 Å². The Morgan fingerprint density at radius 3 is 2.44 bits per heavy atom. The van der Waals surface area contributed by atoms with Crippen molar-refractivity contribution in [2.24, 2.45) is 5.73 Å². The summed E-state index contributed by atoms with van der Waals surface area (Å²) in [4.78, 5) is 26.1. The van der Waals surface area contributed by atoms with E-state index in [1.165, 1.54) is 12.1 Å². The second kappa shape index (κ2) is 12.3. The molecule has 0 saturated carbocycles. The average molecular weight is 470 g/mol. The molecule has 0 aliphatic heterocycles. The van der Waals surface area contributed by atoms with Crippen molar-refractivity contribution in [3.63, 3.8) is 0 Å². The number of unbranched alkanes of at least 4 members (excludes halogenated alkanes) is 3. The van der Waals surface area contributed by atoms with Crippen LogP contribution in [0.3, 0.4) is 0 Å². The second-order valence-electron chi connectivity index (χ2n) is 7.65. The molecule has 1 aromatic heterocycles. The fraction of sp³-hybridized carbons (Fsp3) is 0.476. The molecule has 0 unspecified atom stereocenters. The molecular weight excluding hydrogens is 440 g/mol. The third kappa shape index (κ3) is 7.72. The quantitative estimate of drug-likeness (QED) is 0.411. The van der Waals surface area contributed by atoms with Crippen molar-refractivity contribution in [2.75, 3.05) is 32.5 Å². The number of nitrogens with zero attached hydrogens (tertiary/aromatic N) is 2. The Morgan fingerprint density at radius 2 is 1.81 bits per heavy atom. The number of aryl methyl sites for hydroxylation is 1. The van der Waals surface area contributed by atoms with Gasteiger partial charge in [-0.1, -0.05) is 12.8 Å². The minimum absolute atomic E-state index is 0.0980. The van der Waals surface area contributed by atoms with Gasteiger partial charge < -0.3 is 20.7 Å². The van der Waals surface area contributed by atoms with E-state index in [1.54, 1.807) is 6.92 Å². The molecule has 0 aliphatic carbocycles. The van der Waals surface area contributed by atoms with Gasteiger partial charge in [0.25, 0.3) is 5.91 Å². The lowest BCUT2D eigenvalue weighted by atomic mass is 10.1. The van der Waals surface area contributed by atoms with E-state index in [-0.39, 0.29) is 22.0 Å². The molecule has 0 aliphatic rings. The fourth-order valence-electron chi connectivity index (χ4n) is 2.94. The van der Waals surface area contributed by atoms with Crippen molar-refractivity contribution >= 4 is 28.5 Å². The highest BCUT2D eigenvalue weighted by Crippen LogP contribution is 2.31. The summed E-state index contributed by atoms with van der Waals surface area (Å²) in [7, 11) is 4.06. The topological polar surface area (TPSA) is 110 Å². The van der Waals surface area contributed by atoms with E-state index < -0.39 is 30.2 Å². The van der Waals surface area contributed by atoms with Crippen molar-refractivity contribution in [3.8, 4) is 5.88 Å². The van der Waals surface area contributed by atoms with Gasteiger partial charge >= 0.3 is 6.03 Å². The normalized spacial score (nSPS) is 10.9. The third-order valence-electron chi connectivity index (χ3n) is 4.59. The minimum atomic E-state index is -0.880. The summed E-state index contributed by atoms with van der Waals surface area (Å²) >= 11 is 0.792. The molecule has 0 saturated heterocycles. The molecule has 2 aromatic rings. The van der Waals surface area contributed by atoms with Crippen molar-refractivity contribution in [1.29, 1.82) is 0 Å². The number of rotatable bonds is 12. The maximum Gasteiger partial charge on any atom is 0.319 e. The van der Waals surface area contributed by atoms with Gasteiger partial charge in [0.15, 0.2) is 0 Å². The van der Waals surface area contributed by atoms with Crippen molar-refractivity contribution in [1.82, 2.24) is 14.6 Å². The Hall–Kier alpha value is -2.79. The van der Waals surface area contributed by atoms with Crippen LogP contribution in [-0.4, -0.2) is 48.4 Å². The van der Waals surface area contributed by atoms with Gasteiger partial charge in [0, 0.05) is 6.54 Å². The number of nitrogens with two attached hydrogens (primary N) is 1. The van der Waals surface area contributed by atoms with Gasteiger partial charge in [-0.2, -0.15) is 4.37 Å². The molecule has 176 valence electrons. The first-order valence-corrected chi connectivity index (χ1v) is 11.0. The van der Waals surface area contributed by atoms with E-state index in [0.717, 1.165) is 43.8 Å². The molecular formula is C21H29F2N5O3S. The van der Waals surface area contributed by atoms with Crippen LogP contribution >= 0.6 is 11.5 Å². The summed E-state index contributed by atoms with van der Waals surface area (Å²) in [6.07, 6.45) is 3.99. The molecule has 0 fully saturated rings. The van der Waals surface area contributed by atoms with Gasteiger partial charge in [-0.25, -0.2) is 13.6 Å². The number of halogens is 2. The summed E-state index contributed by atoms with van der Waals surface area (Å²) < 4.78 is 37.3. The average Bonchev–Trinajstić information content (AvgIpc) is 3.08. The Labute approximate surface area is 190 Å². The number of hydrogen-bond donors (Lipinski definition) is 3. The first-order valence-electron chi connectivity index (χ1n) is 10.3. The third-order valence-corrected chi connectivity index (χ3v) is 5.34. The lowest BCUT2D eigenvalue weighted by Gasteiger charge is -2.10. The SMILES string of the molecule is Cc1cc(F)c(COc2nsc(NC(=O)NCCCCCCN(C)C)c2C(N)=O)c(F)c1. The minimum Gasteiger partial charge on any atom is -0.471 e. The van der Waals surface area contributed by atoms with E-state index in [0.29, 0.717) is 12.1 Å². The first-order chi connectivity index (χ1) is 15.2. The van der Waals surface area contributed by atoms with Crippen LogP contribution in [0.25, 0.3) is 0 Å². The summed E-state index contributed by atoms with van der Waals surface area (Å²) in [5.41, 5.74) is 5.38. The summed E-state index contributed by atoms with van der Waals surface area (Å²) in [5.74, 6) is -2.61. The summed E-state index contributed by atoms with van der Waals surface area (Å²) in [5, 5.41) is 5.34. The number of nitrogens with one attached hydrogen (secondary N) is 2. The van der Waals surface area contributed by atoms with Crippen LogP contribution in [0.1, 0.15) is 47.2 Å². The predicted octanol–water partition coefficient (Wildman–Crippen LogP) is 3.65. The summed E-state index contributed by atoms with van der Waals surface area (Å²) in [6.45, 7) is 2.59. The first kappa shape index (κ1) is 25.5. The van der Waals surface area contributed by atoms with Crippen LogP contribution in [0, 0.1) is 18.6 Å². The number of amides is 3. The number of carbonyl (C=O) groups excluding carboxylic acids is 2. The molecule has 3 amide bonds. The number of ether oxygens (including phenoxy) is 1. The molecule has 8 nitrogen and oxygen atoms in total. The molecule has 4 N–H and O–H groups in total. The Balaban J connectivity index is 1.90. The molecule has 0 radical (unpaired) electrons. The number of benzene rings is 1. The Morgan fingerprint density at radius 1 is 1.16 bits per heavy atom. The number of primary amides is 1. The van der Waals surface area contributed by atoms with E-state index in [9.17, 15) is 18.4 Å². The molecule has 0 bridgehead atoms. The Kier molecular flexibility index (Phi) is 9.79. The smallest absolute Gasteiger partial charge is 0.319 e. The van der Waals surface area contributed by atoms with Crippen LogP contribution < -0.4 is 21.1 Å². The maximum absolute atomic E-state index is 14.0. The predicted molar refractivity (Wildman–Crippen MR) is 120 cm³/mol. The van der Waals surface area contributed by atoms with E-state index in [4.69, 9.17) is 10.5 Å². The van der Waals surface area contributed by atoms with E-state index >= 15 is 0 Å². The van der Waals surface area contributed by atoms with Gasteiger partial charge in [0.1, 0.15) is 28.8 Å². The highest BCUT2D eigenvalue weighted by atomic mass is 32.1. The maximum atomic E-state index is 14.0. The highest BCUT2D eigenvalue weighted by Gasteiger charge is 2.23. The lowest BCUT2D eigenvalue weighted by molar-refractivity contribution is 0.0996. The number of carbonyl (C=O) groups is 2. The fourth-order valence-corrected chi connectivity index (χ4v) is 3.68. The molecule has 0 spiro atoms.